The first-order chi connectivity index (χ1) is 13.2. The van der Waals surface area contributed by atoms with Crippen molar-refractivity contribution in [2.24, 2.45) is 0 Å². The molecule has 0 fully saturated rings. The van der Waals surface area contributed by atoms with Gasteiger partial charge in [-0.05, 0) is 62.2 Å². The van der Waals surface area contributed by atoms with E-state index >= 15 is 0 Å². The molecule has 1 amide bonds. The minimum atomic E-state index is -4.03. The van der Waals surface area contributed by atoms with Crippen molar-refractivity contribution >= 4 is 33.3 Å². The minimum absolute atomic E-state index is 0.00630. The van der Waals surface area contributed by atoms with Crippen LogP contribution in [0.15, 0.2) is 47.4 Å². The summed E-state index contributed by atoms with van der Waals surface area (Å²) in [7, 11) is -4.03. The van der Waals surface area contributed by atoms with E-state index in [1.165, 1.54) is 31.2 Å². The highest BCUT2D eigenvalue weighted by Gasteiger charge is 2.29. The lowest BCUT2D eigenvalue weighted by Crippen LogP contribution is -2.37. The SMILES string of the molecule is CCOC(=O)CN(c1cccc(C)c1C)S(=O)(=O)c1ccc(NC(C)=O)cc1. The molecule has 0 spiro atoms. The molecule has 0 saturated heterocycles. The second-order valence-corrected chi connectivity index (χ2v) is 8.10. The molecule has 0 unspecified atom stereocenters. The molecule has 2 aromatic rings. The van der Waals surface area contributed by atoms with Gasteiger partial charge in [-0.15, -0.1) is 0 Å². The van der Waals surface area contributed by atoms with E-state index in [0.29, 0.717) is 11.4 Å². The normalized spacial score (nSPS) is 11.0. The van der Waals surface area contributed by atoms with Crippen molar-refractivity contribution in [3.8, 4) is 0 Å². The summed E-state index contributed by atoms with van der Waals surface area (Å²) in [5.41, 5.74) is 2.56. The van der Waals surface area contributed by atoms with Gasteiger partial charge in [0.1, 0.15) is 6.54 Å². The van der Waals surface area contributed by atoms with Gasteiger partial charge in [-0.3, -0.25) is 13.9 Å². The van der Waals surface area contributed by atoms with E-state index in [0.717, 1.165) is 15.4 Å². The van der Waals surface area contributed by atoms with E-state index in [2.05, 4.69) is 5.32 Å². The average Bonchev–Trinajstić information content (AvgIpc) is 2.62. The van der Waals surface area contributed by atoms with Crippen LogP contribution in [0.1, 0.15) is 25.0 Å². The third kappa shape index (κ3) is 4.89. The molecule has 1 N–H and O–H groups in total. The molecule has 2 rings (SSSR count). The number of esters is 1. The maximum atomic E-state index is 13.3. The molecule has 0 saturated carbocycles. The number of nitrogens with one attached hydrogen (secondary N) is 1. The fourth-order valence-corrected chi connectivity index (χ4v) is 4.14. The predicted octanol–water partition coefficient (Wildman–Crippen LogP) is 3.02. The van der Waals surface area contributed by atoms with Crippen LogP contribution < -0.4 is 9.62 Å². The number of aryl methyl sites for hydroxylation is 1. The molecule has 2 aromatic carbocycles. The van der Waals surface area contributed by atoms with Crippen LogP contribution in [0.4, 0.5) is 11.4 Å². The van der Waals surface area contributed by atoms with Crippen molar-refractivity contribution in [1.29, 1.82) is 0 Å². The summed E-state index contributed by atoms with van der Waals surface area (Å²) in [4.78, 5) is 23.3. The van der Waals surface area contributed by atoms with E-state index in [9.17, 15) is 18.0 Å². The quantitative estimate of drug-likeness (QED) is 0.716. The van der Waals surface area contributed by atoms with Crippen LogP contribution in [0.3, 0.4) is 0 Å². The second-order valence-electron chi connectivity index (χ2n) is 6.24. The number of anilines is 2. The standard InChI is InChI=1S/C20H24N2O5S/c1-5-27-20(24)13-22(19-8-6-7-14(2)15(19)3)28(25,26)18-11-9-17(10-12-18)21-16(4)23/h6-12H,5,13H2,1-4H3,(H,21,23). The number of carbonyl (C=O) groups is 2. The lowest BCUT2D eigenvalue weighted by molar-refractivity contribution is -0.141. The van der Waals surface area contributed by atoms with E-state index in [1.54, 1.807) is 26.0 Å². The summed E-state index contributed by atoms with van der Waals surface area (Å²) in [6.07, 6.45) is 0. The average molecular weight is 404 g/mol. The third-order valence-corrected chi connectivity index (χ3v) is 5.96. The van der Waals surface area contributed by atoms with Crippen LogP contribution in [-0.4, -0.2) is 33.4 Å². The van der Waals surface area contributed by atoms with Crippen LogP contribution in [0.25, 0.3) is 0 Å². The van der Waals surface area contributed by atoms with Gasteiger partial charge in [-0.2, -0.15) is 0 Å². The van der Waals surface area contributed by atoms with Crippen molar-refractivity contribution in [1.82, 2.24) is 0 Å². The van der Waals surface area contributed by atoms with E-state index in [-0.39, 0.29) is 17.4 Å². The van der Waals surface area contributed by atoms with Crippen molar-refractivity contribution in [2.45, 2.75) is 32.6 Å². The summed E-state index contributed by atoms with van der Waals surface area (Å²) >= 11 is 0. The van der Waals surface area contributed by atoms with Crippen LogP contribution in [0.5, 0.6) is 0 Å². The fraction of sp³-hybridized carbons (Fsp3) is 0.300. The topological polar surface area (TPSA) is 92.8 Å². The van der Waals surface area contributed by atoms with Gasteiger partial charge in [0.25, 0.3) is 10.0 Å². The van der Waals surface area contributed by atoms with Crippen LogP contribution in [0, 0.1) is 13.8 Å². The third-order valence-electron chi connectivity index (χ3n) is 4.19. The Hall–Kier alpha value is -2.87. The molecule has 28 heavy (non-hydrogen) atoms. The zero-order valence-electron chi connectivity index (χ0n) is 16.4. The summed E-state index contributed by atoms with van der Waals surface area (Å²) in [5, 5.41) is 2.59. The summed E-state index contributed by atoms with van der Waals surface area (Å²) in [6, 6.07) is 11.1. The predicted molar refractivity (Wildman–Crippen MR) is 108 cm³/mol. The Morgan fingerprint density at radius 2 is 1.71 bits per heavy atom. The van der Waals surface area contributed by atoms with Gasteiger partial charge in [0, 0.05) is 12.6 Å². The number of hydrogen-bond acceptors (Lipinski definition) is 5. The lowest BCUT2D eigenvalue weighted by atomic mass is 10.1. The van der Waals surface area contributed by atoms with Crippen molar-refractivity contribution in [3.63, 3.8) is 0 Å². The molecular weight excluding hydrogens is 380 g/mol. The zero-order chi connectivity index (χ0) is 20.9. The Balaban J connectivity index is 2.50. The summed E-state index contributed by atoms with van der Waals surface area (Å²) in [6.45, 7) is 6.43. The molecule has 0 aliphatic rings. The highest BCUT2D eigenvalue weighted by atomic mass is 32.2. The monoisotopic (exact) mass is 404 g/mol. The number of carbonyl (C=O) groups excluding carboxylic acids is 2. The zero-order valence-corrected chi connectivity index (χ0v) is 17.2. The molecule has 0 radical (unpaired) electrons. The molecule has 0 bridgehead atoms. The maximum Gasteiger partial charge on any atom is 0.326 e. The molecule has 0 heterocycles. The Kier molecular flexibility index (Phi) is 6.80. The number of ether oxygens (including phenoxy) is 1. The largest absolute Gasteiger partial charge is 0.465 e. The fourth-order valence-electron chi connectivity index (χ4n) is 2.67. The van der Waals surface area contributed by atoms with E-state index < -0.39 is 22.5 Å². The highest BCUT2D eigenvalue weighted by molar-refractivity contribution is 7.92. The van der Waals surface area contributed by atoms with Crippen molar-refractivity contribution < 1.29 is 22.7 Å². The number of hydrogen-bond donors (Lipinski definition) is 1. The van der Waals surface area contributed by atoms with Gasteiger partial charge in [0.2, 0.25) is 5.91 Å². The first-order valence-corrected chi connectivity index (χ1v) is 10.2. The molecule has 150 valence electrons. The number of nitrogens with zero attached hydrogens (tertiary/aromatic N) is 1. The lowest BCUT2D eigenvalue weighted by Gasteiger charge is -2.26. The first-order valence-electron chi connectivity index (χ1n) is 8.79. The molecule has 0 atom stereocenters. The molecule has 0 aliphatic carbocycles. The minimum Gasteiger partial charge on any atom is -0.465 e. The smallest absolute Gasteiger partial charge is 0.326 e. The Labute approximate surface area is 165 Å². The van der Waals surface area contributed by atoms with E-state index in [1.807, 2.05) is 13.0 Å². The Bertz CT molecular complexity index is 969. The Morgan fingerprint density at radius 1 is 1.07 bits per heavy atom. The molecule has 8 heteroatoms. The van der Waals surface area contributed by atoms with Gasteiger partial charge >= 0.3 is 5.97 Å². The molecule has 7 nitrogen and oxygen atoms in total. The first kappa shape index (κ1) is 21.4. The second kappa shape index (κ2) is 8.88. The number of sulfonamides is 1. The van der Waals surface area contributed by atoms with Crippen LogP contribution >= 0.6 is 0 Å². The summed E-state index contributed by atoms with van der Waals surface area (Å²) < 4.78 is 32.6. The van der Waals surface area contributed by atoms with Crippen molar-refractivity contribution in [2.75, 3.05) is 22.8 Å². The van der Waals surface area contributed by atoms with Crippen LogP contribution in [0.2, 0.25) is 0 Å². The van der Waals surface area contributed by atoms with E-state index in [4.69, 9.17) is 4.74 Å². The molecule has 0 aromatic heterocycles. The number of benzene rings is 2. The molecular formula is C20H24N2O5S. The Morgan fingerprint density at radius 3 is 2.29 bits per heavy atom. The summed E-state index contributed by atoms with van der Waals surface area (Å²) in [5.74, 6) is -0.892. The van der Waals surface area contributed by atoms with Crippen molar-refractivity contribution in [3.05, 3.63) is 53.6 Å². The van der Waals surface area contributed by atoms with Crippen LogP contribution in [-0.2, 0) is 24.3 Å². The van der Waals surface area contributed by atoms with Gasteiger partial charge in [0.15, 0.2) is 0 Å². The number of amides is 1. The highest BCUT2D eigenvalue weighted by Crippen LogP contribution is 2.29. The van der Waals surface area contributed by atoms with Gasteiger partial charge < -0.3 is 10.1 Å². The van der Waals surface area contributed by atoms with Gasteiger partial charge in [-0.1, -0.05) is 12.1 Å². The van der Waals surface area contributed by atoms with Gasteiger partial charge in [0.05, 0.1) is 17.2 Å². The van der Waals surface area contributed by atoms with Gasteiger partial charge in [-0.25, -0.2) is 8.42 Å². The maximum absolute atomic E-state index is 13.3. The number of rotatable bonds is 7. The molecule has 0 aliphatic heterocycles.